The molecule has 0 bridgehead atoms. The van der Waals surface area contributed by atoms with Crippen LogP contribution in [0.1, 0.15) is 27.2 Å². The molecule has 132 valence electrons. The van der Waals surface area contributed by atoms with Crippen LogP contribution in [0.2, 0.25) is 20.1 Å². The van der Waals surface area contributed by atoms with Crippen molar-refractivity contribution >= 4 is 52.2 Å². The number of carbonyl (C=O) groups is 1. The van der Waals surface area contributed by atoms with Crippen molar-refractivity contribution in [1.82, 2.24) is 10.2 Å². The maximum atomic E-state index is 12.8. The molecule has 0 radical (unpaired) electrons. The van der Waals surface area contributed by atoms with Crippen LogP contribution in [0.4, 0.5) is 0 Å². The van der Waals surface area contributed by atoms with Gasteiger partial charge in [-0.3, -0.25) is 9.59 Å². The van der Waals surface area contributed by atoms with E-state index in [1.54, 1.807) is 24.3 Å². The van der Waals surface area contributed by atoms with Crippen molar-refractivity contribution in [2.24, 2.45) is 0 Å². The average molecular weight is 428 g/mol. The standard InChI is InChI=1S/C18H10Cl4N2O2/c19-11-7-14(21)17(15(22)8-11)18(26)9-1-3-13(20)10(5-9)6-12-2-4-16(25)24-23-12/h1-5,7-8H,6H2,(H,24,25). The number of aromatic nitrogens is 2. The molecule has 3 rings (SSSR count). The summed E-state index contributed by atoms with van der Waals surface area (Å²) in [7, 11) is 0. The van der Waals surface area contributed by atoms with E-state index in [2.05, 4.69) is 10.2 Å². The second kappa shape index (κ2) is 7.80. The number of nitrogens with one attached hydrogen (secondary N) is 1. The molecule has 0 atom stereocenters. The molecule has 0 unspecified atom stereocenters. The van der Waals surface area contributed by atoms with Crippen molar-refractivity contribution in [3.63, 3.8) is 0 Å². The van der Waals surface area contributed by atoms with Gasteiger partial charge >= 0.3 is 0 Å². The highest BCUT2D eigenvalue weighted by molar-refractivity contribution is 6.43. The summed E-state index contributed by atoms with van der Waals surface area (Å²) >= 11 is 24.4. The Bertz CT molecular complexity index is 1020. The third kappa shape index (κ3) is 4.10. The predicted octanol–water partition coefficient (Wildman–Crippen LogP) is 5.21. The number of carbonyl (C=O) groups excluding carboxylic acids is 1. The Morgan fingerprint density at radius 3 is 2.23 bits per heavy atom. The van der Waals surface area contributed by atoms with Gasteiger partial charge in [-0.05, 0) is 42.0 Å². The highest BCUT2D eigenvalue weighted by Crippen LogP contribution is 2.31. The SMILES string of the molecule is O=C(c1ccc(Cl)c(Cc2ccc(=O)[nH]n2)c1)c1c(Cl)cc(Cl)cc1Cl. The lowest BCUT2D eigenvalue weighted by Gasteiger charge is -2.10. The number of hydrogen-bond acceptors (Lipinski definition) is 3. The molecule has 2 aromatic carbocycles. The zero-order valence-electron chi connectivity index (χ0n) is 13.0. The Hall–Kier alpha value is -1.85. The topological polar surface area (TPSA) is 62.8 Å². The minimum absolute atomic E-state index is 0.173. The zero-order valence-corrected chi connectivity index (χ0v) is 16.0. The Kier molecular flexibility index (Phi) is 5.68. The molecule has 1 aromatic heterocycles. The maximum Gasteiger partial charge on any atom is 0.264 e. The first kappa shape index (κ1) is 18.9. The molecule has 8 heteroatoms. The third-order valence-electron chi connectivity index (χ3n) is 3.65. The van der Waals surface area contributed by atoms with Crippen molar-refractivity contribution in [2.45, 2.75) is 6.42 Å². The van der Waals surface area contributed by atoms with Crippen LogP contribution >= 0.6 is 46.4 Å². The Morgan fingerprint density at radius 2 is 1.62 bits per heavy atom. The van der Waals surface area contributed by atoms with E-state index < -0.39 is 0 Å². The van der Waals surface area contributed by atoms with Gasteiger partial charge in [0.2, 0.25) is 0 Å². The van der Waals surface area contributed by atoms with E-state index in [0.29, 0.717) is 33.3 Å². The van der Waals surface area contributed by atoms with Gasteiger partial charge in [0.1, 0.15) is 0 Å². The normalized spacial score (nSPS) is 10.8. The summed E-state index contributed by atoms with van der Waals surface area (Å²) in [5.41, 5.74) is 1.54. The molecule has 0 amide bonds. The number of hydrogen-bond donors (Lipinski definition) is 1. The molecular weight excluding hydrogens is 418 g/mol. The molecule has 0 aliphatic carbocycles. The van der Waals surface area contributed by atoms with Crippen molar-refractivity contribution in [3.8, 4) is 0 Å². The van der Waals surface area contributed by atoms with Crippen LogP contribution in [0.3, 0.4) is 0 Å². The van der Waals surface area contributed by atoms with E-state index in [1.807, 2.05) is 0 Å². The van der Waals surface area contributed by atoms with E-state index in [4.69, 9.17) is 46.4 Å². The van der Waals surface area contributed by atoms with E-state index >= 15 is 0 Å². The first-order valence-corrected chi connectivity index (χ1v) is 8.88. The van der Waals surface area contributed by atoms with E-state index in [1.165, 1.54) is 18.2 Å². The fourth-order valence-electron chi connectivity index (χ4n) is 2.42. The molecule has 0 aliphatic rings. The summed E-state index contributed by atoms with van der Waals surface area (Å²) in [6.07, 6.45) is 0.346. The average Bonchev–Trinajstić information content (AvgIpc) is 2.57. The van der Waals surface area contributed by atoms with Gasteiger partial charge in [-0.25, -0.2) is 5.10 Å². The van der Waals surface area contributed by atoms with Crippen molar-refractivity contribution in [1.29, 1.82) is 0 Å². The van der Waals surface area contributed by atoms with Gasteiger partial charge in [-0.1, -0.05) is 46.4 Å². The number of benzene rings is 2. The summed E-state index contributed by atoms with van der Waals surface area (Å²) in [6.45, 7) is 0. The molecule has 0 saturated heterocycles. The number of halogens is 4. The Labute approximate surface area is 168 Å². The van der Waals surface area contributed by atoms with E-state index in [0.717, 1.165) is 0 Å². The van der Waals surface area contributed by atoms with Crippen molar-refractivity contribution < 1.29 is 4.79 Å². The molecule has 3 aromatic rings. The summed E-state index contributed by atoms with van der Waals surface area (Å²) in [5.74, 6) is -0.344. The largest absolute Gasteiger partial charge is 0.288 e. The minimum atomic E-state index is -0.344. The lowest BCUT2D eigenvalue weighted by molar-refractivity contribution is 0.103. The first-order valence-electron chi connectivity index (χ1n) is 7.37. The van der Waals surface area contributed by atoms with Gasteiger partial charge in [0.05, 0.1) is 21.3 Å². The summed E-state index contributed by atoms with van der Waals surface area (Å²) in [5, 5.41) is 7.47. The second-order valence-electron chi connectivity index (χ2n) is 5.47. The molecule has 1 N–H and O–H groups in total. The lowest BCUT2D eigenvalue weighted by Crippen LogP contribution is -2.08. The Balaban J connectivity index is 1.98. The number of nitrogens with zero attached hydrogens (tertiary/aromatic N) is 1. The monoisotopic (exact) mass is 426 g/mol. The molecule has 1 heterocycles. The number of ketones is 1. The number of H-pyrrole nitrogens is 1. The smallest absolute Gasteiger partial charge is 0.264 e. The Morgan fingerprint density at radius 1 is 0.923 bits per heavy atom. The fourth-order valence-corrected chi connectivity index (χ4v) is 3.59. The molecule has 0 aliphatic heterocycles. The molecule has 26 heavy (non-hydrogen) atoms. The van der Waals surface area contributed by atoms with Crippen molar-refractivity contribution in [3.05, 3.63) is 95.3 Å². The van der Waals surface area contributed by atoms with Gasteiger partial charge in [-0.15, -0.1) is 0 Å². The third-order valence-corrected chi connectivity index (χ3v) is 4.83. The van der Waals surface area contributed by atoms with Crippen molar-refractivity contribution in [2.75, 3.05) is 0 Å². The molecule has 0 saturated carbocycles. The number of rotatable bonds is 4. The lowest BCUT2D eigenvalue weighted by atomic mass is 9.99. The molecule has 4 nitrogen and oxygen atoms in total. The quantitative estimate of drug-likeness (QED) is 0.581. The van der Waals surface area contributed by atoms with E-state index in [9.17, 15) is 9.59 Å². The fraction of sp³-hybridized carbons (Fsp3) is 0.0556. The summed E-state index contributed by atoms with van der Waals surface area (Å²) < 4.78 is 0. The minimum Gasteiger partial charge on any atom is -0.288 e. The van der Waals surface area contributed by atoms with Crippen LogP contribution in [-0.4, -0.2) is 16.0 Å². The van der Waals surface area contributed by atoms with Gasteiger partial charge in [0, 0.05) is 28.1 Å². The zero-order chi connectivity index (χ0) is 18.8. The van der Waals surface area contributed by atoms with E-state index in [-0.39, 0.29) is 27.0 Å². The van der Waals surface area contributed by atoms with Gasteiger partial charge in [-0.2, -0.15) is 5.10 Å². The van der Waals surface area contributed by atoms with Gasteiger partial charge in [0.25, 0.3) is 5.56 Å². The molecule has 0 fully saturated rings. The van der Waals surface area contributed by atoms with Gasteiger partial charge in [0.15, 0.2) is 5.78 Å². The number of aromatic amines is 1. The summed E-state index contributed by atoms with van der Waals surface area (Å²) in [6, 6.07) is 10.8. The maximum absolute atomic E-state index is 12.8. The predicted molar refractivity (Wildman–Crippen MR) is 104 cm³/mol. The van der Waals surface area contributed by atoms with Crippen LogP contribution in [0.5, 0.6) is 0 Å². The van der Waals surface area contributed by atoms with Crippen LogP contribution in [-0.2, 0) is 6.42 Å². The van der Waals surface area contributed by atoms with Gasteiger partial charge < -0.3 is 0 Å². The molecule has 0 spiro atoms. The first-order chi connectivity index (χ1) is 12.3. The highest BCUT2D eigenvalue weighted by atomic mass is 35.5. The highest BCUT2D eigenvalue weighted by Gasteiger charge is 2.19. The van der Waals surface area contributed by atoms with Crippen LogP contribution in [0, 0.1) is 0 Å². The summed E-state index contributed by atoms with van der Waals surface area (Å²) in [4.78, 5) is 23.9. The molecular formula is C18H10Cl4N2O2. The van der Waals surface area contributed by atoms with Crippen LogP contribution < -0.4 is 5.56 Å². The van der Waals surface area contributed by atoms with Crippen LogP contribution in [0.15, 0.2) is 47.3 Å². The second-order valence-corrected chi connectivity index (χ2v) is 7.13. The van der Waals surface area contributed by atoms with Crippen LogP contribution in [0.25, 0.3) is 0 Å².